The number of aromatic amines is 1. The van der Waals surface area contributed by atoms with Crippen molar-refractivity contribution in [3.63, 3.8) is 0 Å². The molecule has 1 aliphatic rings. The molecule has 43 heavy (non-hydrogen) atoms. The molecular weight excluding hydrogens is 547 g/mol. The zero-order chi connectivity index (χ0) is 31.0. The van der Waals surface area contributed by atoms with Crippen LogP contribution in [0.3, 0.4) is 0 Å². The van der Waals surface area contributed by atoms with Gasteiger partial charge in [-0.05, 0) is 74.2 Å². The maximum absolute atomic E-state index is 14.1. The van der Waals surface area contributed by atoms with Crippen molar-refractivity contribution in [2.24, 2.45) is 0 Å². The van der Waals surface area contributed by atoms with E-state index in [0.717, 1.165) is 72.6 Å². The van der Waals surface area contributed by atoms with Crippen LogP contribution >= 0.6 is 0 Å². The molecule has 0 saturated carbocycles. The third-order valence-electron chi connectivity index (χ3n) is 7.74. The van der Waals surface area contributed by atoms with Crippen LogP contribution in [0.2, 0.25) is 0 Å². The molecule has 2 aromatic carbocycles. The number of aromatic nitrogens is 2. The number of nitrogens with one attached hydrogen (secondary N) is 2. The molecule has 1 fully saturated rings. The quantitative estimate of drug-likeness (QED) is 0.205. The van der Waals surface area contributed by atoms with Crippen molar-refractivity contribution in [3.05, 3.63) is 95.0 Å². The van der Waals surface area contributed by atoms with Gasteiger partial charge in [-0.2, -0.15) is 13.2 Å². The Bertz CT molecular complexity index is 1500. The Morgan fingerprint density at radius 2 is 1.70 bits per heavy atom. The summed E-state index contributed by atoms with van der Waals surface area (Å²) in [5, 5.41) is 4.37. The van der Waals surface area contributed by atoms with Crippen molar-refractivity contribution < 1.29 is 13.2 Å². The van der Waals surface area contributed by atoms with E-state index in [1.54, 1.807) is 12.1 Å². The van der Waals surface area contributed by atoms with E-state index < -0.39 is 11.7 Å². The SMILES string of the molecule is CC.CC/C=C(/CCc1ccc(-c2cnc3[nH]c(C)cc3c2)cc1)Nc1ccc(CN2CCN(C)CC2)c(C(F)(F)F)c1. The zero-order valence-corrected chi connectivity index (χ0v) is 26.0. The first-order valence-electron chi connectivity index (χ1n) is 15.3. The van der Waals surface area contributed by atoms with Gasteiger partial charge in [-0.15, -0.1) is 0 Å². The Balaban J connectivity index is 0.00000207. The normalized spacial score (nSPS) is 14.9. The highest BCUT2D eigenvalue weighted by Crippen LogP contribution is 2.35. The minimum Gasteiger partial charge on any atom is -0.359 e. The molecule has 2 N–H and O–H groups in total. The van der Waals surface area contributed by atoms with Gasteiger partial charge in [-0.3, -0.25) is 4.90 Å². The van der Waals surface area contributed by atoms with E-state index in [1.807, 2.05) is 40.9 Å². The molecule has 1 saturated heterocycles. The molecular formula is C35H44F3N5. The summed E-state index contributed by atoms with van der Waals surface area (Å²) in [6.45, 7) is 11.7. The molecule has 0 radical (unpaired) electrons. The minimum absolute atomic E-state index is 0.311. The molecule has 5 rings (SSSR count). The molecule has 0 aliphatic carbocycles. The third kappa shape index (κ3) is 8.71. The summed E-state index contributed by atoms with van der Waals surface area (Å²) < 4.78 is 42.2. The number of anilines is 1. The lowest BCUT2D eigenvalue weighted by Crippen LogP contribution is -2.44. The van der Waals surface area contributed by atoms with Gasteiger partial charge in [0.25, 0.3) is 0 Å². The summed E-state index contributed by atoms with van der Waals surface area (Å²) in [5.74, 6) is 0. The second kappa shape index (κ2) is 14.7. The largest absolute Gasteiger partial charge is 0.416 e. The van der Waals surface area contributed by atoms with Gasteiger partial charge in [0, 0.05) is 66.9 Å². The smallest absolute Gasteiger partial charge is 0.359 e. The molecule has 8 heteroatoms. The molecule has 0 spiro atoms. The number of fused-ring (bicyclic) bond motifs is 1. The Labute approximate surface area is 253 Å². The van der Waals surface area contributed by atoms with Crippen molar-refractivity contribution in [3.8, 4) is 11.1 Å². The summed E-state index contributed by atoms with van der Waals surface area (Å²) in [6.07, 6.45) is 1.80. The van der Waals surface area contributed by atoms with E-state index in [1.165, 1.54) is 11.6 Å². The fourth-order valence-corrected chi connectivity index (χ4v) is 5.40. The first-order valence-corrected chi connectivity index (χ1v) is 15.3. The zero-order valence-electron chi connectivity index (χ0n) is 26.0. The summed E-state index contributed by atoms with van der Waals surface area (Å²) in [5.41, 5.74) is 6.46. The van der Waals surface area contributed by atoms with Gasteiger partial charge in [0.05, 0.1) is 5.56 Å². The molecule has 4 aromatic rings. The van der Waals surface area contributed by atoms with Gasteiger partial charge >= 0.3 is 6.18 Å². The maximum atomic E-state index is 14.1. The molecule has 0 amide bonds. The molecule has 0 bridgehead atoms. The van der Waals surface area contributed by atoms with Gasteiger partial charge in [0.2, 0.25) is 0 Å². The predicted octanol–water partition coefficient (Wildman–Crippen LogP) is 8.67. The first kappa shape index (κ1) is 32.3. The van der Waals surface area contributed by atoms with Crippen molar-refractivity contribution in [2.45, 2.75) is 59.7 Å². The average Bonchev–Trinajstić information content (AvgIpc) is 3.38. The number of alkyl halides is 3. The standard InChI is InChI=1S/C33H38F3N5.C2H6/c1-4-5-29(12-8-24-6-9-25(10-7-24)28-19-27-18-23(2)38-32(27)37-21-28)39-30-13-11-26(31(20-30)33(34,35)36)22-41-16-14-40(3)15-17-41;1-2/h5-7,9-11,13,18-21,39H,4,8,12,14-17,22H2,1-3H3,(H,37,38);1-2H3/b29-5-;. The second-order valence-electron chi connectivity index (χ2n) is 11.0. The molecule has 5 nitrogen and oxygen atoms in total. The number of pyridine rings is 1. The predicted molar refractivity (Wildman–Crippen MR) is 172 cm³/mol. The number of allylic oxidation sites excluding steroid dienone is 2. The highest BCUT2D eigenvalue weighted by Gasteiger charge is 2.34. The highest BCUT2D eigenvalue weighted by molar-refractivity contribution is 5.82. The number of H-pyrrole nitrogens is 1. The Morgan fingerprint density at radius 1 is 0.977 bits per heavy atom. The second-order valence-corrected chi connectivity index (χ2v) is 11.0. The van der Waals surface area contributed by atoms with E-state index >= 15 is 0 Å². The van der Waals surface area contributed by atoms with E-state index in [9.17, 15) is 13.2 Å². The van der Waals surface area contributed by atoms with Crippen LogP contribution in [0, 0.1) is 6.92 Å². The molecule has 0 atom stereocenters. The van der Waals surface area contributed by atoms with E-state index in [-0.39, 0.29) is 0 Å². The molecule has 1 aliphatic heterocycles. The van der Waals surface area contributed by atoms with E-state index in [4.69, 9.17) is 0 Å². The lowest BCUT2D eigenvalue weighted by molar-refractivity contribution is -0.138. The third-order valence-corrected chi connectivity index (χ3v) is 7.74. The Hall–Kier alpha value is -3.62. The number of hydrogen-bond donors (Lipinski definition) is 2. The average molecular weight is 592 g/mol. The number of hydrogen-bond acceptors (Lipinski definition) is 4. The highest BCUT2D eigenvalue weighted by atomic mass is 19.4. The first-order chi connectivity index (χ1) is 20.7. The Kier molecular flexibility index (Phi) is 11.0. The fourth-order valence-electron chi connectivity index (χ4n) is 5.40. The van der Waals surface area contributed by atoms with Gasteiger partial charge in [0.1, 0.15) is 5.65 Å². The van der Waals surface area contributed by atoms with Crippen molar-refractivity contribution in [2.75, 3.05) is 38.5 Å². The van der Waals surface area contributed by atoms with Crippen molar-refractivity contribution in [1.29, 1.82) is 0 Å². The topological polar surface area (TPSA) is 47.2 Å². The van der Waals surface area contributed by atoms with Crippen LogP contribution < -0.4 is 5.32 Å². The van der Waals surface area contributed by atoms with Crippen molar-refractivity contribution >= 4 is 16.7 Å². The van der Waals surface area contributed by atoms with Gasteiger partial charge in [-0.25, -0.2) is 4.98 Å². The summed E-state index contributed by atoms with van der Waals surface area (Å²) in [4.78, 5) is 12.1. The number of likely N-dealkylation sites (N-methyl/N-ethyl adjacent to an activating group) is 1. The van der Waals surface area contributed by atoms with E-state index in [0.29, 0.717) is 24.2 Å². The number of rotatable bonds is 9. The van der Waals surface area contributed by atoms with Crippen LogP contribution in [-0.4, -0.2) is 53.0 Å². The summed E-state index contributed by atoms with van der Waals surface area (Å²) in [6, 6.07) is 17.3. The molecule has 230 valence electrons. The number of halogens is 3. The van der Waals surface area contributed by atoms with Crippen LogP contribution in [0.25, 0.3) is 22.2 Å². The monoisotopic (exact) mass is 591 g/mol. The molecule has 0 unspecified atom stereocenters. The fraction of sp³-hybridized carbons (Fsp3) is 0.400. The van der Waals surface area contributed by atoms with Crippen LogP contribution in [0.4, 0.5) is 18.9 Å². The van der Waals surface area contributed by atoms with Gasteiger partial charge in [-0.1, -0.05) is 57.2 Å². The summed E-state index contributed by atoms with van der Waals surface area (Å²) in [7, 11) is 2.04. The van der Waals surface area contributed by atoms with Crippen molar-refractivity contribution in [1.82, 2.24) is 19.8 Å². The van der Waals surface area contributed by atoms with Crippen LogP contribution in [0.1, 0.15) is 56.0 Å². The Morgan fingerprint density at radius 3 is 2.37 bits per heavy atom. The van der Waals surface area contributed by atoms with Gasteiger partial charge in [0.15, 0.2) is 0 Å². The summed E-state index contributed by atoms with van der Waals surface area (Å²) >= 11 is 0. The molecule has 2 aromatic heterocycles. The number of nitrogens with zero attached hydrogens (tertiary/aromatic N) is 3. The van der Waals surface area contributed by atoms with E-state index in [2.05, 4.69) is 67.6 Å². The van der Waals surface area contributed by atoms with Gasteiger partial charge < -0.3 is 15.2 Å². The number of benzene rings is 2. The lowest BCUT2D eigenvalue weighted by atomic mass is 10.0. The number of aryl methyl sites for hydroxylation is 2. The molecule has 3 heterocycles. The maximum Gasteiger partial charge on any atom is 0.416 e. The van der Waals surface area contributed by atoms with Crippen LogP contribution in [0.5, 0.6) is 0 Å². The lowest BCUT2D eigenvalue weighted by Gasteiger charge is -2.33. The van der Waals surface area contributed by atoms with Crippen LogP contribution in [0.15, 0.2) is 72.6 Å². The minimum atomic E-state index is -4.41. The number of piperazine rings is 1. The van der Waals surface area contributed by atoms with Crippen LogP contribution in [-0.2, 0) is 19.1 Å².